The second-order valence-electron chi connectivity index (χ2n) is 7.81. The predicted molar refractivity (Wildman–Crippen MR) is 135 cm³/mol. The molecule has 0 aliphatic rings. The Hall–Kier alpha value is -3.38. The van der Waals surface area contributed by atoms with Crippen LogP contribution in [0, 0.1) is 13.8 Å². The number of aromatic nitrogens is 3. The van der Waals surface area contributed by atoms with E-state index in [-0.39, 0.29) is 0 Å². The maximum atomic E-state index is 6.62. The predicted octanol–water partition coefficient (Wildman–Crippen LogP) is 6.13. The van der Waals surface area contributed by atoms with Crippen molar-refractivity contribution in [2.24, 2.45) is 0 Å². The summed E-state index contributed by atoms with van der Waals surface area (Å²) >= 11 is 6.62. The number of benzene rings is 2. The average Bonchev–Trinajstić information content (AvgIpc) is 2.80. The number of nitrogen functional groups attached to an aromatic ring is 1. The van der Waals surface area contributed by atoms with E-state index in [1.165, 1.54) is 0 Å². The van der Waals surface area contributed by atoms with Gasteiger partial charge in [-0.1, -0.05) is 29.8 Å². The van der Waals surface area contributed by atoms with E-state index in [9.17, 15) is 0 Å². The highest BCUT2D eigenvalue weighted by atomic mass is 35.5. The Balaban J connectivity index is 1.80. The minimum Gasteiger partial charge on any atom is -0.382 e. The van der Waals surface area contributed by atoms with E-state index in [1.54, 1.807) is 0 Å². The van der Waals surface area contributed by atoms with Gasteiger partial charge >= 0.3 is 0 Å². The molecule has 2 aromatic heterocycles. The third-order valence-corrected chi connectivity index (χ3v) is 6.00. The zero-order valence-corrected chi connectivity index (χ0v) is 19.5. The highest BCUT2D eigenvalue weighted by Crippen LogP contribution is 2.38. The van der Waals surface area contributed by atoms with Gasteiger partial charge < -0.3 is 16.0 Å². The van der Waals surface area contributed by atoms with Crippen molar-refractivity contribution in [2.45, 2.75) is 27.7 Å². The molecule has 0 fully saturated rings. The number of nitrogens with one attached hydrogen (secondary N) is 1. The Kier molecular flexibility index (Phi) is 6.15. The van der Waals surface area contributed by atoms with Gasteiger partial charge in [-0.2, -0.15) is 0 Å². The van der Waals surface area contributed by atoms with Crippen molar-refractivity contribution in [1.29, 1.82) is 0 Å². The number of halogens is 1. The standard InChI is InChI=1S/C25H27ClN6/c1-5-32(6-2)25-28-13-18(14-29-25)17-9-10-20-19(12-17)23(22(26)24(27)31-20)30-21-11-15(3)7-8-16(21)4/h7-14H,5-6H2,1-4H3,(H3,27,30,31). The first kappa shape index (κ1) is 21.8. The summed E-state index contributed by atoms with van der Waals surface area (Å²) in [6, 6.07) is 12.3. The summed E-state index contributed by atoms with van der Waals surface area (Å²) in [4.78, 5) is 15.7. The van der Waals surface area contributed by atoms with Gasteiger partial charge in [0.1, 0.15) is 10.8 Å². The Morgan fingerprint density at radius 1 is 0.969 bits per heavy atom. The topological polar surface area (TPSA) is 80.0 Å². The first-order valence-electron chi connectivity index (χ1n) is 10.7. The summed E-state index contributed by atoms with van der Waals surface area (Å²) in [6.45, 7) is 10.0. The SMILES string of the molecule is CCN(CC)c1ncc(-c2ccc3nc(N)c(Cl)c(Nc4cc(C)ccc4C)c3c2)cn1. The quantitative estimate of drug-likeness (QED) is 0.370. The van der Waals surface area contributed by atoms with Crippen molar-refractivity contribution in [2.75, 3.05) is 29.0 Å². The fraction of sp³-hybridized carbons (Fsp3) is 0.240. The van der Waals surface area contributed by atoms with Crippen LogP contribution in [0.2, 0.25) is 5.02 Å². The largest absolute Gasteiger partial charge is 0.382 e. The van der Waals surface area contributed by atoms with Crippen molar-refractivity contribution in [3.8, 4) is 11.1 Å². The van der Waals surface area contributed by atoms with Crippen molar-refractivity contribution < 1.29 is 0 Å². The van der Waals surface area contributed by atoms with E-state index in [0.717, 1.165) is 63.6 Å². The van der Waals surface area contributed by atoms with Gasteiger partial charge in [-0.15, -0.1) is 0 Å². The smallest absolute Gasteiger partial charge is 0.225 e. The van der Waals surface area contributed by atoms with Gasteiger partial charge in [0.25, 0.3) is 0 Å². The van der Waals surface area contributed by atoms with Gasteiger partial charge in [0.15, 0.2) is 0 Å². The zero-order chi connectivity index (χ0) is 22.8. The summed E-state index contributed by atoms with van der Waals surface area (Å²) in [5.74, 6) is 1.03. The molecule has 32 heavy (non-hydrogen) atoms. The summed E-state index contributed by atoms with van der Waals surface area (Å²) in [5.41, 5.74) is 12.8. The van der Waals surface area contributed by atoms with Crippen LogP contribution in [0.3, 0.4) is 0 Å². The van der Waals surface area contributed by atoms with Crippen LogP contribution < -0.4 is 16.0 Å². The lowest BCUT2D eigenvalue weighted by Crippen LogP contribution is -2.23. The molecule has 3 N–H and O–H groups in total. The van der Waals surface area contributed by atoms with Crippen LogP contribution >= 0.6 is 11.6 Å². The maximum absolute atomic E-state index is 6.62. The van der Waals surface area contributed by atoms with Crippen LogP contribution in [-0.4, -0.2) is 28.0 Å². The molecule has 0 amide bonds. The lowest BCUT2D eigenvalue weighted by molar-refractivity contribution is 0.821. The van der Waals surface area contributed by atoms with Crippen molar-refractivity contribution in [1.82, 2.24) is 15.0 Å². The lowest BCUT2D eigenvalue weighted by atomic mass is 10.0. The number of nitrogens with zero attached hydrogens (tertiary/aromatic N) is 4. The van der Waals surface area contributed by atoms with E-state index < -0.39 is 0 Å². The molecular weight excluding hydrogens is 420 g/mol. The van der Waals surface area contributed by atoms with E-state index in [2.05, 4.69) is 77.1 Å². The first-order chi connectivity index (χ1) is 15.4. The molecule has 2 heterocycles. The molecule has 0 saturated heterocycles. The molecule has 0 saturated carbocycles. The van der Waals surface area contributed by atoms with Crippen LogP contribution in [0.1, 0.15) is 25.0 Å². The number of anilines is 4. The number of fused-ring (bicyclic) bond motifs is 1. The first-order valence-corrected chi connectivity index (χ1v) is 11.1. The average molecular weight is 447 g/mol. The summed E-state index contributed by atoms with van der Waals surface area (Å²) in [6.07, 6.45) is 3.71. The molecule has 0 atom stereocenters. The van der Waals surface area contributed by atoms with E-state index >= 15 is 0 Å². The number of hydrogen-bond donors (Lipinski definition) is 2. The molecule has 4 aromatic rings. The van der Waals surface area contributed by atoms with Gasteiger partial charge in [-0.25, -0.2) is 15.0 Å². The number of hydrogen-bond acceptors (Lipinski definition) is 6. The van der Waals surface area contributed by atoms with E-state index in [4.69, 9.17) is 17.3 Å². The Morgan fingerprint density at radius 2 is 1.69 bits per heavy atom. The third-order valence-electron chi connectivity index (χ3n) is 5.62. The zero-order valence-electron chi connectivity index (χ0n) is 18.8. The van der Waals surface area contributed by atoms with Gasteiger partial charge in [0.2, 0.25) is 5.95 Å². The van der Waals surface area contributed by atoms with Crippen molar-refractivity contribution in [3.05, 3.63) is 64.9 Å². The van der Waals surface area contributed by atoms with Gasteiger partial charge in [-0.05, 0) is 62.6 Å². The summed E-state index contributed by atoms with van der Waals surface area (Å²) < 4.78 is 0. The second-order valence-corrected chi connectivity index (χ2v) is 8.18. The third kappa shape index (κ3) is 4.18. The number of aryl methyl sites for hydroxylation is 2. The Labute approximate surface area is 193 Å². The molecule has 0 aliphatic carbocycles. The molecule has 7 heteroatoms. The van der Waals surface area contributed by atoms with Gasteiger partial charge in [0, 0.05) is 42.1 Å². The van der Waals surface area contributed by atoms with Gasteiger partial charge in [0.05, 0.1) is 11.2 Å². The van der Waals surface area contributed by atoms with Crippen LogP contribution in [0.4, 0.5) is 23.1 Å². The molecule has 0 radical (unpaired) electrons. The highest BCUT2D eigenvalue weighted by Gasteiger charge is 2.15. The van der Waals surface area contributed by atoms with Crippen LogP contribution in [0.25, 0.3) is 22.0 Å². The van der Waals surface area contributed by atoms with Crippen LogP contribution in [0.5, 0.6) is 0 Å². The molecule has 0 bridgehead atoms. The highest BCUT2D eigenvalue weighted by molar-refractivity contribution is 6.37. The molecule has 4 rings (SSSR count). The van der Waals surface area contributed by atoms with Crippen molar-refractivity contribution in [3.63, 3.8) is 0 Å². The maximum Gasteiger partial charge on any atom is 0.225 e. The molecule has 0 aliphatic heterocycles. The van der Waals surface area contributed by atoms with Crippen LogP contribution in [-0.2, 0) is 0 Å². The second kappa shape index (κ2) is 9.01. The minimum atomic E-state index is 0.298. The fourth-order valence-electron chi connectivity index (χ4n) is 3.71. The van der Waals surface area contributed by atoms with E-state index in [0.29, 0.717) is 10.8 Å². The number of pyridine rings is 1. The van der Waals surface area contributed by atoms with E-state index in [1.807, 2.05) is 24.5 Å². The summed E-state index contributed by atoms with van der Waals surface area (Å²) in [5, 5.41) is 4.78. The Morgan fingerprint density at radius 3 is 2.38 bits per heavy atom. The number of rotatable bonds is 6. The number of nitrogens with two attached hydrogens (primary N) is 1. The minimum absolute atomic E-state index is 0.298. The summed E-state index contributed by atoms with van der Waals surface area (Å²) in [7, 11) is 0. The normalized spacial score (nSPS) is 11.0. The molecule has 2 aromatic carbocycles. The molecule has 164 valence electrons. The molecule has 6 nitrogen and oxygen atoms in total. The molecule has 0 unspecified atom stereocenters. The van der Waals surface area contributed by atoms with Gasteiger partial charge in [-0.3, -0.25) is 0 Å². The Bertz CT molecular complexity index is 1270. The fourth-order valence-corrected chi connectivity index (χ4v) is 3.90. The van der Waals surface area contributed by atoms with Crippen LogP contribution in [0.15, 0.2) is 48.8 Å². The lowest BCUT2D eigenvalue weighted by Gasteiger charge is -2.18. The molecule has 0 spiro atoms. The van der Waals surface area contributed by atoms with Crippen molar-refractivity contribution >= 4 is 45.6 Å². The monoisotopic (exact) mass is 446 g/mol. The molecular formula is C25H27ClN6.